The average Bonchev–Trinajstić information content (AvgIpc) is 2.48. The van der Waals surface area contributed by atoms with Crippen LogP contribution in [-0.4, -0.2) is 49.8 Å². The first-order valence-corrected chi connectivity index (χ1v) is 7.05. The smallest absolute Gasteiger partial charge is 0.253 e. The van der Waals surface area contributed by atoms with E-state index < -0.39 is 0 Å². The molecule has 114 valence electrons. The van der Waals surface area contributed by atoms with Gasteiger partial charge in [-0.15, -0.1) is 0 Å². The largest absolute Gasteiger partial charge is 0.395 e. The summed E-state index contributed by atoms with van der Waals surface area (Å²) < 4.78 is 4.99. The van der Waals surface area contributed by atoms with Gasteiger partial charge in [0, 0.05) is 44.9 Å². The minimum absolute atomic E-state index is 0.00377. The van der Waals surface area contributed by atoms with Crippen LogP contribution in [0, 0.1) is 18.8 Å². The van der Waals surface area contributed by atoms with E-state index in [2.05, 4.69) is 11.8 Å². The SMILES string of the molecule is COCCCN(C)C(=O)c1ccc(C#CCCO)c(C)c1. The summed E-state index contributed by atoms with van der Waals surface area (Å²) in [4.78, 5) is 14.0. The topological polar surface area (TPSA) is 49.8 Å². The number of benzene rings is 1. The van der Waals surface area contributed by atoms with Crippen molar-refractivity contribution in [1.82, 2.24) is 4.90 Å². The van der Waals surface area contributed by atoms with Crippen LogP contribution in [0.3, 0.4) is 0 Å². The molecule has 0 heterocycles. The van der Waals surface area contributed by atoms with Gasteiger partial charge in [-0.3, -0.25) is 4.79 Å². The zero-order chi connectivity index (χ0) is 15.7. The lowest BCUT2D eigenvalue weighted by atomic mass is 10.0. The Morgan fingerprint density at radius 1 is 1.43 bits per heavy atom. The number of amides is 1. The minimum Gasteiger partial charge on any atom is -0.395 e. The van der Waals surface area contributed by atoms with Crippen molar-refractivity contribution in [2.45, 2.75) is 19.8 Å². The van der Waals surface area contributed by atoms with Crippen LogP contribution >= 0.6 is 0 Å². The molecule has 0 radical (unpaired) electrons. The molecule has 0 aliphatic carbocycles. The maximum atomic E-state index is 12.3. The summed E-state index contributed by atoms with van der Waals surface area (Å²) in [5.41, 5.74) is 2.53. The Bertz CT molecular complexity index is 529. The molecule has 0 fully saturated rings. The fraction of sp³-hybridized carbons (Fsp3) is 0.471. The second-order valence-electron chi connectivity index (χ2n) is 4.88. The number of hydrogen-bond acceptors (Lipinski definition) is 3. The van der Waals surface area contributed by atoms with Crippen LogP contribution in [0.25, 0.3) is 0 Å². The lowest BCUT2D eigenvalue weighted by Crippen LogP contribution is -2.28. The quantitative estimate of drug-likeness (QED) is 0.642. The molecular weight excluding hydrogens is 266 g/mol. The zero-order valence-electron chi connectivity index (χ0n) is 13.0. The summed E-state index contributed by atoms with van der Waals surface area (Å²) >= 11 is 0. The zero-order valence-corrected chi connectivity index (χ0v) is 13.0. The Balaban J connectivity index is 2.74. The van der Waals surface area contributed by atoms with Gasteiger partial charge in [0.15, 0.2) is 0 Å². The molecule has 0 spiro atoms. The van der Waals surface area contributed by atoms with E-state index in [0.717, 1.165) is 17.5 Å². The van der Waals surface area contributed by atoms with E-state index in [1.54, 1.807) is 25.1 Å². The molecule has 0 aliphatic heterocycles. The standard InChI is InChI=1S/C17H23NO3/c1-14-13-16(9-8-15(14)7-4-5-11-19)17(20)18(2)10-6-12-21-3/h8-9,13,19H,5-6,10-12H2,1-3H3. The normalized spacial score (nSPS) is 9.90. The second-order valence-corrected chi connectivity index (χ2v) is 4.88. The highest BCUT2D eigenvalue weighted by Crippen LogP contribution is 2.12. The van der Waals surface area contributed by atoms with Gasteiger partial charge in [-0.2, -0.15) is 0 Å². The number of aryl methyl sites for hydroxylation is 1. The van der Waals surface area contributed by atoms with Crippen LogP contribution in [0.5, 0.6) is 0 Å². The molecule has 0 aliphatic rings. The summed E-state index contributed by atoms with van der Waals surface area (Å²) in [5, 5.41) is 8.72. The van der Waals surface area contributed by atoms with Gasteiger partial charge in [0.1, 0.15) is 0 Å². The summed E-state index contributed by atoms with van der Waals surface area (Å²) in [7, 11) is 3.45. The van der Waals surface area contributed by atoms with E-state index in [0.29, 0.717) is 25.1 Å². The number of ether oxygens (including phenoxy) is 1. The number of carbonyl (C=O) groups is 1. The highest BCUT2D eigenvalue weighted by molar-refractivity contribution is 5.94. The lowest BCUT2D eigenvalue weighted by Gasteiger charge is -2.17. The number of methoxy groups -OCH3 is 1. The number of aliphatic hydroxyl groups is 1. The minimum atomic E-state index is 0.00377. The summed E-state index contributed by atoms with van der Waals surface area (Å²) in [5.74, 6) is 5.89. The molecule has 1 N–H and O–H groups in total. The third-order valence-corrected chi connectivity index (χ3v) is 3.12. The van der Waals surface area contributed by atoms with Crippen LogP contribution in [-0.2, 0) is 4.74 Å². The Labute approximate surface area is 126 Å². The van der Waals surface area contributed by atoms with Crippen molar-refractivity contribution in [3.05, 3.63) is 34.9 Å². The molecule has 0 saturated carbocycles. The average molecular weight is 289 g/mol. The van der Waals surface area contributed by atoms with E-state index in [-0.39, 0.29) is 12.5 Å². The second kappa shape index (κ2) is 9.17. The van der Waals surface area contributed by atoms with Gasteiger partial charge in [-0.05, 0) is 37.1 Å². The van der Waals surface area contributed by atoms with Crippen molar-refractivity contribution in [3.8, 4) is 11.8 Å². The maximum Gasteiger partial charge on any atom is 0.253 e. The first-order chi connectivity index (χ1) is 10.1. The Morgan fingerprint density at radius 2 is 2.19 bits per heavy atom. The summed E-state index contributed by atoms with van der Waals surface area (Å²) in [6, 6.07) is 5.51. The molecule has 1 aromatic rings. The molecule has 1 rings (SSSR count). The Kier molecular flexibility index (Phi) is 7.52. The highest BCUT2D eigenvalue weighted by Gasteiger charge is 2.12. The van der Waals surface area contributed by atoms with E-state index in [4.69, 9.17) is 9.84 Å². The highest BCUT2D eigenvalue weighted by atomic mass is 16.5. The van der Waals surface area contributed by atoms with Crippen molar-refractivity contribution in [2.24, 2.45) is 0 Å². The van der Waals surface area contributed by atoms with Gasteiger partial charge >= 0.3 is 0 Å². The fourth-order valence-electron chi connectivity index (χ4n) is 1.92. The predicted molar refractivity (Wildman–Crippen MR) is 83.2 cm³/mol. The van der Waals surface area contributed by atoms with Crippen molar-refractivity contribution in [2.75, 3.05) is 33.9 Å². The summed E-state index contributed by atoms with van der Waals surface area (Å²) in [6.45, 7) is 3.32. The van der Waals surface area contributed by atoms with E-state index >= 15 is 0 Å². The number of hydrogen-bond donors (Lipinski definition) is 1. The first-order valence-electron chi connectivity index (χ1n) is 7.05. The Morgan fingerprint density at radius 3 is 2.81 bits per heavy atom. The number of nitrogens with zero attached hydrogens (tertiary/aromatic N) is 1. The van der Waals surface area contributed by atoms with E-state index in [1.165, 1.54) is 0 Å². The monoisotopic (exact) mass is 289 g/mol. The number of rotatable bonds is 6. The molecule has 21 heavy (non-hydrogen) atoms. The third kappa shape index (κ3) is 5.58. The summed E-state index contributed by atoms with van der Waals surface area (Å²) in [6.07, 6.45) is 1.28. The predicted octanol–water partition coefficient (Wildman–Crippen LogP) is 1.84. The number of aliphatic hydroxyl groups excluding tert-OH is 1. The van der Waals surface area contributed by atoms with Gasteiger partial charge in [-0.1, -0.05) is 11.8 Å². The molecule has 0 atom stereocenters. The maximum absolute atomic E-state index is 12.3. The van der Waals surface area contributed by atoms with Gasteiger partial charge in [0.05, 0.1) is 6.61 Å². The molecule has 0 unspecified atom stereocenters. The van der Waals surface area contributed by atoms with Crippen LogP contribution < -0.4 is 0 Å². The van der Waals surface area contributed by atoms with Crippen LogP contribution in [0.15, 0.2) is 18.2 Å². The lowest BCUT2D eigenvalue weighted by molar-refractivity contribution is 0.0779. The molecule has 1 amide bonds. The molecule has 4 nitrogen and oxygen atoms in total. The van der Waals surface area contributed by atoms with Crippen molar-refractivity contribution in [1.29, 1.82) is 0 Å². The first kappa shape index (κ1) is 17.2. The Hall–Kier alpha value is -1.83. The molecule has 0 saturated heterocycles. The van der Waals surface area contributed by atoms with Crippen LogP contribution in [0.4, 0.5) is 0 Å². The van der Waals surface area contributed by atoms with Gasteiger partial charge in [0.25, 0.3) is 5.91 Å². The van der Waals surface area contributed by atoms with Gasteiger partial charge in [-0.25, -0.2) is 0 Å². The third-order valence-electron chi connectivity index (χ3n) is 3.12. The van der Waals surface area contributed by atoms with E-state index in [9.17, 15) is 4.79 Å². The van der Waals surface area contributed by atoms with Gasteiger partial charge < -0.3 is 14.7 Å². The van der Waals surface area contributed by atoms with E-state index in [1.807, 2.05) is 19.1 Å². The number of carbonyl (C=O) groups excluding carboxylic acids is 1. The molecule has 0 bridgehead atoms. The fourth-order valence-corrected chi connectivity index (χ4v) is 1.92. The van der Waals surface area contributed by atoms with Crippen molar-refractivity contribution in [3.63, 3.8) is 0 Å². The molecule has 4 heteroatoms. The van der Waals surface area contributed by atoms with Crippen LogP contribution in [0.2, 0.25) is 0 Å². The molecular formula is C17H23NO3. The molecule has 0 aromatic heterocycles. The van der Waals surface area contributed by atoms with Crippen LogP contribution in [0.1, 0.15) is 34.3 Å². The van der Waals surface area contributed by atoms with Gasteiger partial charge in [0.2, 0.25) is 0 Å². The molecule has 1 aromatic carbocycles. The van der Waals surface area contributed by atoms with Crippen molar-refractivity contribution < 1.29 is 14.6 Å². The van der Waals surface area contributed by atoms with Crippen molar-refractivity contribution >= 4 is 5.91 Å².